The van der Waals surface area contributed by atoms with Crippen molar-refractivity contribution in [1.82, 2.24) is 0 Å². The van der Waals surface area contributed by atoms with Crippen molar-refractivity contribution in [3.05, 3.63) is 0 Å². The second-order valence-electron chi connectivity index (χ2n) is 6.01. The molecule has 2 bridgehead atoms. The van der Waals surface area contributed by atoms with E-state index in [0.717, 1.165) is 12.3 Å². The molecule has 0 aromatic rings. The van der Waals surface area contributed by atoms with E-state index in [0.29, 0.717) is 18.3 Å². The quantitative estimate of drug-likeness (QED) is 0.594. The van der Waals surface area contributed by atoms with Crippen LogP contribution in [0.2, 0.25) is 0 Å². The van der Waals surface area contributed by atoms with Gasteiger partial charge in [0.15, 0.2) is 12.4 Å². The Hall–Kier alpha value is -1.70. The second kappa shape index (κ2) is 6.17. The summed E-state index contributed by atoms with van der Waals surface area (Å²) in [6, 6.07) is 1.75. The molecule has 0 heterocycles. The van der Waals surface area contributed by atoms with Crippen LogP contribution in [-0.4, -0.2) is 24.1 Å². The number of hydrogen-bond donors (Lipinski definition) is 1. The van der Waals surface area contributed by atoms with Crippen molar-refractivity contribution < 1.29 is 14.3 Å². The van der Waals surface area contributed by atoms with E-state index in [4.69, 9.17) is 15.4 Å². The monoisotopic (exact) mass is 276 g/mol. The van der Waals surface area contributed by atoms with Gasteiger partial charge in [-0.3, -0.25) is 9.59 Å². The van der Waals surface area contributed by atoms with E-state index < -0.39 is 18.3 Å². The van der Waals surface area contributed by atoms with Gasteiger partial charge in [-0.15, -0.1) is 0 Å². The first-order valence-corrected chi connectivity index (χ1v) is 7.14. The molecule has 5 nitrogen and oxygen atoms in total. The number of nitrogens with one attached hydrogen (secondary N) is 1. The number of ketones is 1. The van der Waals surface area contributed by atoms with Crippen LogP contribution in [0.1, 0.15) is 39.0 Å². The van der Waals surface area contributed by atoms with Gasteiger partial charge in [-0.25, -0.2) is 0 Å². The van der Waals surface area contributed by atoms with E-state index in [1.165, 1.54) is 26.2 Å². The molecule has 2 aliphatic rings. The minimum atomic E-state index is -1.09. The van der Waals surface area contributed by atoms with E-state index in [1.54, 1.807) is 6.07 Å². The van der Waals surface area contributed by atoms with E-state index in [2.05, 4.69) is 0 Å². The van der Waals surface area contributed by atoms with Crippen molar-refractivity contribution in [3.8, 4) is 6.07 Å². The van der Waals surface area contributed by atoms with Gasteiger partial charge in [0.25, 0.3) is 0 Å². The van der Waals surface area contributed by atoms with Gasteiger partial charge in [0.05, 0.1) is 6.07 Å². The molecular weight excluding hydrogens is 256 g/mol. The number of nitrogens with zero attached hydrogens (tertiary/aromatic N) is 1. The smallest absolute Gasteiger partial charge is 0.306 e. The summed E-state index contributed by atoms with van der Waals surface area (Å²) in [6.07, 6.45) is 5.23. The molecule has 108 valence electrons. The summed E-state index contributed by atoms with van der Waals surface area (Å²) in [5, 5.41) is 16.1. The van der Waals surface area contributed by atoms with Gasteiger partial charge in [0.2, 0.25) is 0 Å². The summed E-state index contributed by atoms with van der Waals surface area (Å²) in [6.45, 7) is 1.01. The minimum Gasteiger partial charge on any atom is -0.458 e. The van der Waals surface area contributed by atoms with Gasteiger partial charge in [-0.05, 0) is 43.9 Å². The molecule has 0 spiro atoms. The predicted molar refractivity (Wildman–Crippen MR) is 72.0 cm³/mol. The van der Waals surface area contributed by atoms with Crippen LogP contribution >= 0.6 is 0 Å². The van der Waals surface area contributed by atoms with Gasteiger partial charge >= 0.3 is 5.97 Å². The molecule has 0 aromatic carbocycles. The molecule has 0 saturated heterocycles. The lowest BCUT2D eigenvalue weighted by atomic mass is 9.86. The van der Waals surface area contributed by atoms with E-state index in [9.17, 15) is 9.59 Å². The zero-order chi connectivity index (χ0) is 14.7. The highest BCUT2D eigenvalue weighted by molar-refractivity contribution is 6.05. The number of esters is 1. The van der Waals surface area contributed by atoms with Gasteiger partial charge in [0, 0.05) is 12.1 Å². The average Bonchev–Trinajstić information content (AvgIpc) is 2.99. The Balaban J connectivity index is 1.74. The summed E-state index contributed by atoms with van der Waals surface area (Å²) < 4.78 is 4.97. The number of ether oxygens (including phenoxy) is 1. The van der Waals surface area contributed by atoms with Crippen LogP contribution in [0.5, 0.6) is 0 Å². The van der Waals surface area contributed by atoms with Gasteiger partial charge in [-0.1, -0.05) is 6.42 Å². The number of carbonyl (C=O) groups is 2. The lowest BCUT2D eigenvalue weighted by molar-refractivity contribution is -0.149. The van der Waals surface area contributed by atoms with Crippen LogP contribution in [0.4, 0.5) is 0 Å². The first-order valence-electron chi connectivity index (χ1n) is 7.14. The van der Waals surface area contributed by atoms with Crippen LogP contribution in [0, 0.1) is 40.4 Å². The van der Waals surface area contributed by atoms with E-state index in [1.807, 2.05) is 0 Å². The Labute approximate surface area is 118 Å². The maximum Gasteiger partial charge on any atom is 0.306 e. The van der Waals surface area contributed by atoms with E-state index >= 15 is 0 Å². The minimum absolute atomic E-state index is 0.0124. The Morgan fingerprint density at radius 2 is 2.15 bits per heavy atom. The number of carbonyl (C=O) groups excluding carboxylic acids is 2. The molecule has 4 atom stereocenters. The summed E-state index contributed by atoms with van der Waals surface area (Å²) in [5.74, 6) is -0.115. The Morgan fingerprint density at radius 1 is 1.40 bits per heavy atom. The maximum absolute atomic E-state index is 11.7. The molecule has 0 amide bonds. The molecule has 20 heavy (non-hydrogen) atoms. The third-order valence-electron chi connectivity index (χ3n) is 4.57. The predicted octanol–water partition coefficient (Wildman–Crippen LogP) is 2.10. The molecular formula is C15H20N2O3. The SMILES string of the molecule is CC(=N)C(C#N)C(=O)COC(=O)C[C@@H]1C[C@H]2CC[C@@H]1C2. The maximum atomic E-state index is 11.7. The Morgan fingerprint density at radius 3 is 2.65 bits per heavy atom. The van der Waals surface area contributed by atoms with Crippen LogP contribution in [0.15, 0.2) is 0 Å². The van der Waals surface area contributed by atoms with E-state index in [-0.39, 0.29) is 11.7 Å². The largest absolute Gasteiger partial charge is 0.458 e. The molecule has 0 aliphatic heterocycles. The Kier molecular flexibility index (Phi) is 4.53. The lowest BCUT2D eigenvalue weighted by Crippen LogP contribution is -2.26. The normalized spacial score (nSPS) is 28.7. The molecule has 1 unspecified atom stereocenters. The van der Waals surface area contributed by atoms with Crippen molar-refractivity contribution in [2.45, 2.75) is 39.0 Å². The lowest BCUT2D eigenvalue weighted by Gasteiger charge is -2.20. The second-order valence-corrected chi connectivity index (χ2v) is 6.01. The Bertz CT molecular complexity index is 466. The van der Waals surface area contributed by atoms with Crippen LogP contribution in [0.25, 0.3) is 0 Å². The molecule has 1 N–H and O–H groups in total. The average molecular weight is 276 g/mol. The van der Waals surface area contributed by atoms with Crippen molar-refractivity contribution in [1.29, 1.82) is 10.7 Å². The topological polar surface area (TPSA) is 91.0 Å². The standard InChI is InChI=1S/C15H20N2O3/c1-9(17)13(7-16)14(18)8-20-15(19)6-12-5-10-2-3-11(12)4-10/h10-13,17H,2-6,8H2,1H3/t10-,11+,12-,13?/m0/s1. The number of Topliss-reactive ketones (excluding diaryl/α,β-unsaturated/α-hetero) is 1. The summed E-state index contributed by atoms with van der Waals surface area (Å²) in [5.41, 5.74) is -0.0124. The molecule has 0 radical (unpaired) electrons. The van der Waals surface area contributed by atoms with Gasteiger partial charge in [0.1, 0.15) is 5.92 Å². The third kappa shape index (κ3) is 3.24. The first-order chi connectivity index (χ1) is 9.51. The van der Waals surface area contributed by atoms with Crippen LogP contribution in [-0.2, 0) is 14.3 Å². The number of hydrogen-bond acceptors (Lipinski definition) is 5. The fraction of sp³-hybridized carbons (Fsp3) is 0.733. The van der Waals surface area contributed by atoms with Crippen LogP contribution < -0.4 is 0 Å². The number of nitriles is 1. The summed E-state index contributed by atoms with van der Waals surface area (Å²) in [7, 11) is 0. The number of fused-ring (bicyclic) bond motifs is 2. The van der Waals surface area contributed by atoms with Gasteiger partial charge < -0.3 is 10.1 Å². The fourth-order valence-corrected chi connectivity index (χ4v) is 3.54. The highest BCUT2D eigenvalue weighted by Gasteiger charge is 2.40. The van der Waals surface area contributed by atoms with Crippen molar-refractivity contribution in [3.63, 3.8) is 0 Å². The fourth-order valence-electron chi connectivity index (χ4n) is 3.54. The van der Waals surface area contributed by atoms with Gasteiger partial charge in [-0.2, -0.15) is 5.26 Å². The van der Waals surface area contributed by atoms with Crippen LogP contribution in [0.3, 0.4) is 0 Å². The molecule has 2 rings (SSSR count). The highest BCUT2D eigenvalue weighted by Crippen LogP contribution is 2.49. The molecule has 2 aliphatic carbocycles. The van der Waals surface area contributed by atoms with Crippen molar-refractivity contribution >= 4 is 17.5 Å². The third-order valence-corrected chi connectivity index (χ3v) is 4.57. The van der Waals surface area contributed by atoms with Crippen molar-refractivity contribution in [2.75, 3.05) is 6.61 Å². The highest BCUT2D eigenvalue weighted by atomic mass is 16.5. The van der Waals surface area contributed by atoms with Crippen molar-refractivity contribution in [2.24, 2.45) is 23.7 Å². The molecule has 2 saturated carbocycles. The summed E-state index contributed by atoms with van der Waals surface area (Å²) in [4.78, 5) is 23.4. The zero-order valence-corrected chi connectivity index (χ0v) is 11.7. The number of rotatable bonds is 6. The first kappa shape index (κ1) is 14.7. The molecule has 5 heteroatoms. The molecule has 0 aromatic heterocycles. The molecule has 2 fully saturated rings. The zero-order valence-electron chi connectivity index (χ0n) is 11.7. The summed E-state index contributed by atoms with van der Waals surface area (Å²) >= 11 is 0.